The molecule has 222 valence electrons. The van der Waals surface area contributed by atoms with Crippen LogP contribution in [0.4, 0.5) is 10.5 Å². The summed E-state index contributed by atoms with van der Waals surface area (Å²) in [7, 11) is -3.97. The van der Waals surface area contributed by atoms with Gasteiger partial charge in [0.2, 0.25) is 15.9 Å². The summed E-state index contributed by atoms with van der Waals surface area (Å²) in [6, 6.07) is 19.6. The topological polar surface area (TPSA) is 113 Å². The number of primary amides is 1. The van der Waals surface area contributed by atoms with Gasteiger partial charge in [0.1, 0.15) is 0 Å². The zero-order valence-corrected chi connectivity index (χ0v) is 25.6. The number of rotatable bonds is 7. The van der Waals surface area contributed by atoms with Crippen LogP contribution in [0.15, 0.2) is 66.7 Å². The lowest BCUT2D eigenvalue weighted by Crippen LogP contribution is -2.49. The number of nitrogens with zero attached hydrogens (tertiary/aromatic N) is 2. The molecule has 3 N–H and O–H groups in total. The number of piperidine rings is 1. The lowest BCUT2D eigenvalue weighted by molar-refractivity contribution is -0.133. The van der Waals surface area contributed by atoms with E-state index in [1.807, 2.05) is 35.2 Å². The zero-order chi connectivity index (χ0) is 30.0. The maximum atomic E-state index is 13.5. The highest BCUT2D eigenvalue weighted by molar-refractivity contribution is 7.92. The van der Waals surface area contributed by atoms with Crippen LogP contribution >= 0.6 is 23.2 Å². The van der Waals surface area contributed by atoms with Crippen molar-refractivity contribution in [3.05, 3.63) is 99.0 Å². The number of hydrogen-bond acceptors (Lipinski definition) is 5. The van der Waals surface area contributed by atoms with Gasteiger partial charge in [-0.25, -0.2) is 13.2 Å². The smallest absolute Gasteiger partial charge is 0.333 e. The van der Waals surface area contributed by atoms with E-state index in [1.54, 1.807) is 24.3 Å². The SMILES string of the molecule is CS(=O)(=O)N(C(N)=O)c1ccccc1C1CCN(C(=O)CCc2ccc(Cl)c(Cl)c2)C[C@H]1C1NCCc2ccccc21. The van der Waals surface area contributed by atoms with E-state index in [2.05, 4.69) is 17.4 Å². The van der Waals surface area contributed by atoms with Crippen LogP contribution in [0, 0.1) is 5.92 Å². The van der Waals surface area contributed by atoms with Crippen molar-refractivity contribution in [2.24, 2.45) is 11.7 Å². The third kappa shape index (κ3) is 6.44. The average Bonchev–Trinajstić information content (AvgIpc) is 2.96. The fraction of sp³-hybridized carbons (Fsp3) is 0.355. The van der Waals surface area contributed by atoms with E-state index in [0.717, 1.165) is 30.3 Å². The van der Waals surface area contributed by atoms with Crippen LogP contribution in [0.5, 0.6) is 0 Å². The first-order valence-electron chi connectivity index (χ1n) is 14.0. The van der Waals surface area contributed by atoms with E-state index in [1.165, 1.54) is 11.1 Å². The highest BCUT2D eigenvalue weighted by Crippen LogP contribution is 2.45. The summed E-state index contributed by atoms with van der Waals surface area (Å²) < 4.78 is 26.0. The summed E-state index contributed by atoms with van der Waals surface area (Å²) in [5.74, 6) is -0.200. The molecule has 0 spiro atoms. The number of likely N-dealkylation sites (tertiary alicyclic amines) is 1. The summed E-state index contributed by atoms with van der Waals surface area (Å²) >= 11 is 12.2. The minimum absolute atomic E-state index is 0.0387. The summed E-state index contributed by atoms with van der Waals surface area (Å²) in [4.78, 5) is 27.8. The molecule has 3 aromatic carbocycles. The van der Waals surface area contributed by atoms with Crippen LogP contribution in [-0.4, -0.2) is 51.1 Å². The Hall–Kier alpha value is -3.11. The van der Waals surface area contributed by atoms with Crippen molar-refractivity contribution in [3.8, 4) is 0 Å². The number of halogens is 2. The summed E-state index contributed by atoms with van der Waals surface area (Å²) in [6.07, 6.45) is 3.33. The predicted molar refractivity (Wildman–Crippen MR) is 166 cm³/mol. The number of urea groups is 1. The summed E-state index contributed by atoms with van der Waals surface area (Å²) in [6.45, 7) is 1.76. The fourth-order valence-electron chi connectivity index (χ4n) is 6.40. The van der Waals surface area contributed by atoms with Gasteiger partial charge < -0.3 is 16.0 Å². The van der Waals surface area contributed by atoms with Crippen molar-refractivity contribution in [1.29, 1.82) is 0 Å². The summed E-state index contributed by atoms with van der Waals surface area (Å²) in [5, 5.41) is 4.62. The second kappa shape index (κ2) is 12.6. The molecule has 5 rings (SSSR count). The molecule has 42 heavy (non-hydrogen) atoms. The van der Waals surface area contributed by atoms with Gasteiger partial charge in [0.25, 0.3) is 0 Å². The number of aryl methyl sites for hydroxylation is 1. The monoisotopic (exact) mass is 628 g/mol. The van der Waals surface area contributed by atoms with Gasteiger partial charge in [-0.15, -0.1) is 0 Å². The first kappa shape index (κ1) is 30.4. The van der Waals surface area contributed by atoms with Crippen LogP contribution < -0.4 is 15.4 Å². The predicted octanol–water partition coefficient (Wildman–Crippen LogP) is 5.29. The second-order valence-electron chi connectivity index (χ2n) is 11.0. The van der Waals surface area contributed by atoms with Gasteiger partial charge in [-0.2, -0.15) is 4.31 Å². The molecule has 2 heterocycles. The van der Waals surface area contributed by atoms with Gasteiger partial charge in [-0.3, -0.25) is 4.79 Å². The van der Waals surface area contributed by atoms with E-state index >= 15 is 0 Å². The van der Waals surface area contributed by atoms with Crippen LogP contribution in [0.1, 0.15) is 47.1 Å². The number of amides is 3. The van der Waals surface area contributed by atoms with Gasteiger partial charge in [0.15, 0.2) is 0 Å². The van der Waals surface area contributed by atoms with Crippen LogP contribution in [-0.2, 0) is 27.7 Å². The number of nitrogens with two attached hydrogens (primary N) is 1. The minimum Gasteiger partial charge on any atom is -0.350 e. The van der Waals surface area contributed by atoms with E-state index in [4.69, 9.17) is 28.9 Å². The maximum absolute atomic E-state index is 13.5. The van der Waals surface area contributed by atoms with Crippen LogP contribution in [0.25, 0.3) is 0 Å². The number of hydrogen-bond donors (Lipinski definition) is 2. The lowest BCUT2D eigenvalue weighted by Gasteiger charge is -2.45. The number of nitrogens with one attached hydrogen (secondary N) is 1. The van der Waals surface area contributed by atoms with E-state index in [0.29, 0.717) is 46.7 Å². The van der Waals surface area contributed by atoms with Crippen molar-refractivity contribution in [2.45, 2.75) is 37.6 Å². The molecule has 1 fully saturated rings. The number of anilines is 1. The molecular weight excluding hydrogens is 595 g/mol. The third-order valence-corrected chi connectivity index (χ3v) is 10.1. The van der Waals surface area contributed by atoms with E-state index in [-0.39, 0.29) is 29.5 Å². The Labute approximate surface area is 256 Å². The molecular formula is C31H34Cl2N4O4S. The van der Waals surface area contributed by atoms with Gasteiger partial charge in [0.05, 0.1) is 22.0 Å². The largest absolute Gasteiger partial charge is 0.350 e. The first-order valence-corrected chi connectivity index (χ1v) is 16.6. The van der Waals surface area contributed by atoms with Crippen molar-refractivity contribution in [3.63, 3.8) is 0 Å². The van der Waals surface area contributed by atoms with E-state index < -0.39 is 16.1 Å². The van der Waals surface area contributed by atoms with Crippen LogP contribution in [0.3, 0.4) is 0 Å². The highest BCUT2D eigenvalue weighted by Gasteiger charge is 2.41. The molecule has 2 unspecified atom stereocenters. The van der Waals surface area contributed by atoms with Gasteiger partial charge in [-0.05, 0) is 72.2 Å². The zero-order valence-electron chi connectivity index (χ0n) is 23.3. The minimum atomic E-state index is -3.97. The molecule has 0 aliphatic carbocycles. The quantitative estimate of drug-likeness (QED) is 0.369. The molecule has 3 atom stereocenters. The Morgan fingerprint density at radius 1 is 1.02 bits per heavy atom. The maximum Gasteiger partial charge on any atom is 0.333 e. The number of carbonyl (C=O) groups is 2. The Morgan fingerprint density at radius 3 is 2.45 bits per heavy atom. The lowest BCUT2D eigenvalue weighted by atomic mass is 9.72. The fourth-order valence-corrected chi connectivity index (χ4v) is 7.57. The van der Waals surface area contributed by atoms with Gasteiger partial charge >= 0.3 is 6.03 Å². The average molecular weight is 630 g/mol. The molecule has 1 saturated heterocycles. The van der Waals surface area contributed by atoms with Crippen molar-refractivity contribution >= 4 is 50.9 Å². The Kier molecular flexibility index (Phi) is 9.13. The third-order valence-electron chi connectivity index (χ3n) is 8.29. The Bertz CT molecular complexity index is 1600. The molecule has 8 nitrogen and oxygen atoms in total. The molecule has 0 radical (unpaired) electrons. The molecule has 2 aliphatic heterocycles. The molecule has 0 aromatic heterocycles. The molecule has 2 aliphatic rings. The number of sulfonamides is 1. The molecule has 3 amide bonds. The van der Waals surface area contributed by atoms with Gasteiger partial charge in [0, 0.05) is 31.5 Å². The first-order chi connectivity index (χ1) is 20.0. The normalized spacial score (nSPS) is 20.5. The molecule has 0 saturated carbocycles. The number of carbonyl (C=O) groups excluding carboxylic acids is 2. The highest BCUT2D eigenvalue weighted by atomic mass is 35.5. The number of benzene rings is 3. The Morgan fingerprint density at radius 2 is 1.74 bits per heavy atom. The van der Waals surface area contributed by atoms with Crippen molar-refractivity contribution in [1.82, 2.24) is 10.2 Å². The summed E-state index contributed by atoms with van der Waals surface area (Å²) in [5.41, 5.74) is 9.93. The number of para-hydroxylation sites is 1. The second-order valence-corrected chi connectivity index (χ2v) is 13.6. The molecule has 11 heteroatoms. The standard InChI is InChI=1S/C31H34Cl2N4O4S/c1-42(40,41)37(31(34)39)28-9-5-4-8-24(28)23-15-17-36(29(38)13-11-20-10-12-26(32)27(33)18-20)19-25(23)30-22-7-3-2-6-21(22)14-16-35-30/h2-10,12,18,23,25,30,35H,11,13-17,19H2,1H3,(H2,34,39)/t23?,25-,30?/m1/s1. The van der Waals surface area contributed by atoms with Crippen molar-refractivity contribution in [2.75, 3.05) is 30.2 Å². The number of fused-ring (bicyclic) bond motifs is 1. The molecule has 3 aromatic rings. The van der Waals surface area contributed by atoms with Crippen LogP contribution in [0.2, 0.25) is 10.0 Å². The van der Waals surface area contributed by atoms with Gasteiger partial charge in [-0.1, -0.05) is 71.7 Å². The van der Waals surface area contributed by atoms with E-state index in [9.17, 15) is 18.0 Å². The van der Waals surface area contributed by atoms with Crippen molar-refractivity contribution < 1.29 is 18.0 Å². The molecule has 0 bridgehead atoms. The Balaban J connectivity index is 1.48.